The number of thiazole rings is 1. The SMILES string of the molecule is COc1ccc(CCC(=O)Nc2nc(-c3ccc(NC(C)=O)cc3)cs2)cc1. The smallest absolute Gasteiger partial charge is 0.226 e. The molecule has 0 aliphatic rings. The standard InChI is InChI=1S/C21H21N3O3S/c1-14(25)22-17-8-6-16(7-9-17)19-13-28-21(23-19)24-20(26)12-5-15-3-10-18(27-2)11-4-15/h3-4,6-11,13H,5,12H2,1-2H3,(H,22,25)(H,23,24,26). The summed E-state index contributed by atoms with van der Waals surface area (Å²) >= 11 is 1.38. The van der Waals surface area contributed by atoms with E-state index >= 15 is 0 Å². The van der Waals surface area contributed by atoms with Crippen molar-refractivity contribution >= 4 is 34.0 Å². The molecule has 0 aliphatic carbocycles. The van der Waals surface area contributed by atoms with E-state index in [1.54, 1.807) is 7.11 Å². The van der Waals surface area contributed by atoms with Crippen molar-refractivity contribution in [2.45, 2.75) is 19.8 Å². The van der Waals surface area contributed by atoms with Gasteiger partial charge in [-0.2, -0.15) is 0 Å². The Kier molecular flexibility index (Phi) is 6.39. The number of carbonyl (C=O) groups is 2. The molecule has 6 nitrogen and oxygen atoms in total. The van der Waals surface area contributed by atoms with Gasteiger partial charge in [0, 0.05) is 30.0 Å². The number of methoxy groups -OCH3 is 1. The van der Waals surface area contributed by atoms with Crippen molar-refractivity contribution in [3.63, 3.8) is 0 Å². The number of anilines is 2. The molecule has 0 saturated carbocycles. The first-order valence-electron chi connectivity index (χ1n) is 8.80. The number of carbonyl (C=O) groups excluding carboxylic acids is 2. The number of aryl methyl sites for hydroxylation is 1. The number of rotatable bonds is 7. The first kappa shape index (κ1) is 19.6. The zero-order chi connectivity index (χ0) is 19.9. The minimum Gasteiger partial charge on any atom is -0.497 e. The van der Waals surface area contributed by atoms with Crippen LogP contribution in [-0.2, 0) is 16.0 Å². The fourth-order valence-electron chi connectivity index (χ4n) is 2.62. The van der Waals surface area contributed by atoms with Crippen molar-refractivity contribution in [2.24, 2.45) is 0 Å². The molecule has 3 aromatic rings. The van der Waals surface area contributed by atoms with E-state index < -0.39 is 0 Å². The Balaban J connectivity index is 1.54. The molecule has 1 aromatic heterocycles. The van der Waals surface area contributed by atoms with E-state index in [1.165, 1.54) is 18.3 Å². The second kappa shape index (κ2) is 9.14. The lowest BCUT2D eigenvalue weighted by Gasteiger charge is -2.04. The maximum atomic E-state index is 12.2. The maximum absolute atomic E-state index is 12.2. The van der Waals surface area contributed by atoms with E-state index in [9.17, 15) is 9.59 Å². The molecule has 0 spiro atoms. The van der Waals surface area contributed by atoms with Gasteiger partial charge in [0.05, 0.1) is 12.8 Å². The molecule has 7 heteroatoms. The molecule has 2 N–H and O–H groups in total. The van der Waals surface area contributed by atoms with Crippen LogP contribution in [0.25, 0.3) is 11.3 Å². The topological polar surface area (TPSA) is 80.3 Å². The van der Waals surface area contributed by atoms with E-state index in [-0.39, 0.29) is 11.8 Å². The van der Waals surface area contributed by atoms with Crippen LogP contribution in [0.2, 0.25) is 0 Å². The zero-order valence-electron chi connectivity index (χ0n) is 15.7. The molecular weight excluding hydrogens is 374 g/mol. The van der Waals surface area contributed by atoms with Gasteiger partial charge in [-0.25, -0.2) is 4.98 Å². The predicted octanol–water partition coefficient (Wildman–Crippen LogP) is 4.35. The average molecular weight is 395 g/mol. The number of nitrogens with zero attached hydrogens (tertiary/aromatic N) is 1. The van der Waals surface area contributed by atoms with Crippen LogP contribution in [0.15, 0.2) is 53.9 Å². The summed E-state index contributed by atoms with van der Waals surface area (Å²) in [7, 11) is 1.63. The first-order valence-corrected chi connectivity index (χ1v) is 9.68. The van der Waals surface area contributed by atoms with Crippen LogP contribution in [-0.4, -0.2) is 23.9 Å². The molecule has 0 bridgehead atoms. The van der Waals surface area contributed by atoms with E-state index in [0.29, 0.717) is 18.0 Å². The predicted molar refractivity (Wildman–Crippen MR) is 112 cm³/mol. The number of ether oxygens (including phenoxy) is 1. The summed E-state index contributed by atoms with van der Waals surface area (Å²) in [6, 6.07) is 15.1. The summed E-state index contributed by atoms with van der Waals surface area (Å²) in [4.78, 5) is 27.7. The third kappa shape index (κ3) is 5.40. The second-order valence-corrected chi connectivity index (χ2v) is 7.05. The lowest BCUT2D eigenvalue weighted by molar-refractivity contribution is -0.116. The first-order chi connectivity index (χ1) is 13.5. The molecule has 3 rings (SSSR count). The van der Waals surface area contributed by atoms with E-state index in [2.05, 4.69) is 15.6 Å². The number of hydrogen-bond acceptors (Lipinski definition) is 5. The van der Waals surface area contributed by atoms with Crippen molar-refractivity contribution in [1.29, 1.82) is 0 Å². The summed E-state index contributed by atoms with van der Waals surface area (Å²) in [6.07, 6.45) is 1.03. The van der Waals surface area contributed by atoms with E-state index in [1.807, 2.05) is 53.9 Å². The number of aromatic nitrogens is 1. The summed E-state index contributed by atoms with van der Waals surface area (Å²) in [5.74, 6) is 0.618. The van der Waals surface area contributed by atoms with Gasteiger partial charge < -0.3 is 15.4 Å². The second-order valence-electron chi connectivity index (χ2n) is 6.19. The summed E-state index contributed by atoms with van der Waals surface area (Å²) in [5.41, 5.74) is 3.52. The van der Waals surface area contributed by atoms with Gasteiger partial charge in [0.25, 0.3) is 0 Å². The van der Waals surface area contributed by atoms with Gasteiger partial charge in [0.1, 0.15) is 5.75 Å². The molecule has 0 saturated heterocycles. The minimum atomic E-state index is -0.110. The number of hydrogen-bond donors (Lipinski definition) is 2. The number of nitrogens with one attached hydrogen (secondary N) is 2. The Morgan fingerprint density at radius 3 is 2.39 bits per heavy atom. The molecule has 28 heavy (non-hydrogen) atoms. The van der Waals surface area contributed by atoms with Crippen molar-refractivity contribution in [1.82, 2.24) is 4.98 Å². The third-order valence-corrected chi connectivity index (χ3v) is 4.81. The molecule has 0 aliphatic heterocycles. The Hall–Kier alpha value is -3.19. The largest absolute Gasteiger partial charge is 0.497 e. The monoisotopic (exact) mass is 395 g/mol. The van der Waals surface area contributed by atoms with Gasteiger partial charge in [-0.15, -0.1) is 11.3 Å². The molecular formula is C21H21N3O3S. The van der Waals surface area contributed by atoms with Gasteiger partial charge in [-0.05, 0) is 36.2 Å². The summed E-state index contributed by atoms with van der Waals surface area (Å²) < 4.78 is 5.13. The van der Waals surface area contributed by atoms with Crippen LogP contribution < -0.4 is 15.4 Å². The van der Waals surface area contributed by atoms with Gasteiger partial charge in [0.2, 0.25) is 11.8 Å². The van der Waals surface area contributed by atoms with Gasteiger partial charge in [0.15, 0.2) is 5.13 Å². The highest BCUT2D eigenvalue weighted by Crippen LogP contribution is 2.26. The van der Waals surface area contributed by atoms with Crippen LogP contribution in [0.1, 0.15) is 18.9 Å². The van der Waals surface area contributed by atoms with Crippen LogP contribution in [0.3, 0.4) is 0 Å². The van der Waals surface area contributed by atoms with Crippen LogP contribution in [0.4, 0.5) is 10.8 Å². The fraction of sp³-hybridized carbons (Fsp3) is 0.190. The molecule has 1 heterocycles. The van der Waals surface area contributed by atoms with Crippen LogP contribution in [0.5, 0.6) is 5.75 Å². The minimum absolute atomic E-state index is 0.0716. The van der Waals surface area contributed by atoms with Crippen molar-refractivity contribution in [3.8, 4) is 17.0 Å². The highest BCUT2D eigenvalue weighted by Gasteiger charge is 2.09. The van der Waals surface area contributed by atoms with Gasteiger partial charge >= 0.3 is 0 Å². The molecule has 0 fully saturated rings. The van der Waals surface area contributed by atoms with Gasteiger partial charge in [-0.1, -0.05) is 24.3 Å². The molecule has 0 radical (unpaired) electrons. The molecule has 0 unspecified atom stereocenters. The van der Waals surface area contributed by atoms with E-state index in [4.69, 9.17) is 4.74 Å². The average Bonchev–Trinajstić information content (AvgIpc) is 3.15. The maximum Gasteiger partial charge on any atom is 0.226 e. The van der Waals surface area contributed by atoms with Gasteiger partial charge in [-0.3, -0.25) is 9.59 Å². The fourth-order valence-corrected chi connectivity index (χ4v) is 3.36. The van der Waals surface area contributed by atoms with Crippen LogP contribution >= 0.6 is 11.3 Å². The van der Waals surface area contributed by atoms with Crippen molar-refractivity contribution in [3.05, 3.63) is 59.5 Å². The Labute approximate surface area is 167 Å². The highest BCUT2D eigenvalue weighted by molar-refractivity contribution is 7.14. The summed E-state index contributed by atoms with van der Waals surface area (Å²) in [5, 5.41) is 8.04. The van der Waals surface area contributed by atoms with Crippen molar-refractivity contribution in [2.75, 3.05) is 17.7 Å². The highest BCUT2D eigenvalue weighted by atomic mass is 32.1. The Morgan fingerprint density at radius 2 is 1.75 bits per heavy atom. The lowest BCUT2D eigenvalue weighted by atomic mass is 10.1. The Bertz CT molecular complexity index is 950. The summed E-state index contributed by atoms with van der Waals surface area (Å²) in [6.45, 7) is 1.47. The van der Waals surface area contributed by atoms with Crippen molar-refractivity contribution < 1.29 is 14.3 Å². The quantitative estimate of drug-likeness (QED) is 0.623. The van der Waals surface area contributed by atoms with Crippen LogP contribution in [0, 0.1) is 0 Å². The zero-order valence-corrected chi connectivity index (χ0v) is 16.5. The normalized spacial score (nSPS) is 10.4. The lowest BCUT2D eigenvalue weighted by Crippen LogP contribution is -2.12. The number of benzene rings is 2. The van der Waals surface area contributed by atoms with E-state index in [0.717, 1.165) is 28.3 Å². The molecule has 2 aromatic carbocycles. The molecule has 2 amide bonds. The molecule has 0 atom stereocenters. The Morgan fingerprint density at radius 1 is 1.04 bits per heavy atom. The third-order valence-electron chi connectivity index (χ3n) is 4.05. The number of amides is 2. The molecule has 144 valence electrons.